The summed E-state index contributed by atoms with van der Waals surface area (Å²) in [7, 11) is 0. The van der Waals surface area contributed by atoms with Crippen molar-refractivity contribution in [1.29, 1.82) is 5.26 Å². The third-order valence-corrected chi connectivity index (χ3v) is 1.82. The lowest BCUT2D eigenvalue weighted by molar-refractivity contribution is 0.649. The number of nitrogens with zero attached hydrogens (tertiary/aromatic N) is 1. The Hall–Kier alpha value is -0.970. The molecule has 1 aliphatic carbocycles. The Balaban J connectivity index is 2.62. The van der Waals surface area contributed by atoms with E-state index in [0.717, 1.165) is 24.8 Å². The van der Waals surface area contributed by atoms with E-state index in [1.165, 1.54) is 5.70 Å². The summed E-state index contributed by atoms with van der Waals surface area (Å²) in [5.74, 6) is 0. The molecule has 60 valence electrons. The summed E-state index contributed by atoms with van der Waals surface area (Å²) >= 11 is 0. The van der Waals surface area contributed by atoms with Gasteiger partial charge in [-0.25, -0.2) is 0 Å². The molecule has 0 saturated carbocycles. The predicted octanol–water partition coefficient (Wildman–Crippen LogP) is 1.95. The van der Waals surface area contributed by atoms with Crippen LogP contribution >= 0.6 is 0 Å². The number of nitrogens with one attached hydrogen (secondary N) is 1. The molecule has 0 saturated heterocycles. The van der Waals surface area contributed by atoms with E-state index in [2.05, 4.69) is 25.2 Å². The van der Waals surface area contributed by atoms with Gasteiger partial charge < -0.3 is 5.32 Å². The van der Waals surface area contributed by atoms with Crippen LogP contribution in [0.25, 0.3) is 0 Å². The molecule has 0 unspecified atom stereocenters. The van der Waals surface area contributed by atoms with Crippen LogP contribution in [-0.4, -0.2) is 6.04 Å². The fourth-order valence-electron chi connectivity index (χ4n) is 1.37. The van der Waals surface area contributed by atoms with E-state index in [4.69, 9.17) is 5.26 Å². The van der Waals surface area contributed by atoms with Gasteiger partial charge >= 0.3 is 0 Å². The standard InChI is InChI=1S/C9H14N2/c1-7(2)11-9-5-3-4-8(9)6-10/h7,11H,3-5H2,1-2H3. The van der Waals surface area contributed by atoms with Gasteiger partial charge in [-0.2, -0.15) is 5.26 Å². The molecule has 2 nitrogen and oxygen atoms in total. The first-order valence-electron chi connectivity index (χ1n) is 4.12. The van der Waals surface area contributed by atoms with Gasteiger partial charge in [-0.15, -0.1) is 0 Å². The predicted molar refractivity (Wildman–Crippen MR) is 44.8 cm³/mol. The Morgan fingerprint density at radius 1 is 1.45 bits per heavy atom. The average Bonchev–Trinajstić information content (AvgIpc) is 2.34. The molecule has 0 aliphatic heterocycles. The lowest BCUT2D eigenvalue weighted by atomic mass is 10.2. The van der Waals surface area contributed by atoms with Gasteiger partial charge in [-0.3, -0.25) is 0 Å². The maximum absolute atomic E-state index is 8.70. The van der Waals surface area contributed by atoms with Crippen molar-refractivity contribution < 1.29 is 0 Å². The maximum Gasteiger partial charge on any atom is 0.0965 e. The highest BCUT2D eigenvalue weighted by atomic mass is 14.9. The normalized spacial score (nSPS) is 17.3. The van der Waals surface area contributed by atoms with Crippen LogP contribution in [0.15, 0.2) is 11.3 Å². The van der Waals surface area contributed by atoms with Crippen molar-refractivity contribution in [3.63, 3.8) is 0 Å². The summed E-state index contributed by atoms with van der Waals surface area (Å²) in [5, 5.41) is 12.0. The topological polar surface area (TPSA) is 35.8 Å². The quantitative estimate of drug-likeness (QED) is 0.653. The lowest BCUT2D eigenvalue weighted by Crippen LogP contribution is -2.21. The van der Waals surface area contributed by atoms with Crippen LogP contribution in [-0.2, 0) is 0 Å². The molecule has 11 heavy (non-hydrogen) atoms. The van der Waals surface area contributed by atoms with E-state index in [1.54, 1.807) is 0 Å². The molecule has 0 amide bonds. The number of hydrogen-bond acceptors (Lipinski definition) is 2. The van der Waals surface area contributed by atoms with E-state index in [1.807, 2.05) is 0 Å². The second-order valence-corrected chi connectivity index (χ2v) is 3.22. The highest BCUT2D eigenvalue weighted by Crippen LogP contribution is 2.23. The molecule has 0 radical (unpaired) electrons. The Labute approximate surface area is 67.9 Å². The second kappa shape index (κ2) is 3.43. The minimum atomic E-state index is 0.450. The van der Waals surface area contributed by atoms with Crippen molar-refractivity contribution in [2.75, 3.05) is 0 Å². The van der Waals surface area contributed by atoms with Crippen LogP contribution in [0.1, 0.15) is 33.1 Å². The second-order valence-electron chi connectivity index (χ2n) is 3.22. The largest absolute Gasteiger partial charge is 0.385 e. The van der Waals surface area contributed by atoms with Crippen LogP contribution < -0.4 is 5.32 Å². The molecule has 0 aromatic heterocycles. The Morgan fingerprint density at radius 2 is 2.18 bits per heavy atom. The van der Waals surface area contributed by atoms with Gasteiger partial charge in [-0.05, 0) is 33.1 Å². The Morgan fingerprint density at radius 3 is 2.73 bits per heavy atom. The van der Waals surface area contributed by atoms with Gasteiger partial charge in [0, 0.05) is 17.3 Å². The molecule has 2 heteroatoms. The fourth-order valence-corrected chi connectivity index (χ4v) is 1.37. The third-order valence-electron chi connectivity index (χ3n) is 1.82. The van der Waals surface area contributed by atoms with Gasteiger partial charge in [0.25, 0.3) is 0 Å². The van der Waals surface area contributed by atoms with Gasteiger partial charge in [-0.1, -0.05) is 0 Å². The molecule has 0 fully saturated rings. The summed E-state index contributed by atoms with van der Waals surface area (Å²) < 4.78 is 0. The van der Waals surface area contributed by atoms with E-state index >= 15 is 0 Å². The van der Waals surface area contributed by atoms with Gasteiger partial charge in [0.2, 0.25) is 0 Å². The van der Waals surface area contributed by atoms with E-state index in [0.29, 0.717) is 6.04 Å². The smallest absolute Gasteiger partial charge is 0.0965 e. The zero-order valence-electron chi connectivity index (χ0n) is 7.15. The molecular weight excluding hydrogens is 136 g/mol. The number of hydrogen-bond donors (Lipinski definition) is 1. The number of nitriles is 1. The molecule has 0 heterocycles. The summed E-state index contributed by atoms with van der Waals surface area (Å²) in [6.45, 7) is 4.20. The summed E-state index contributed by atoms with van der Waals surface area (Å²) in [5.41, 5.74) is 2.13. The molecule has 0 spiro atoms. The minimum absolute atomic E-state index is 0.450. The first-order chi connectivity index (χ1) is 5.24. The summed E-state index contributed by atoms with van der Waals surface area (Å²) in [6, 6.07) is 2.69. The van der Waals surface area contributed by atoms with Crippen molar-refractivity contribution in [2.45, 2.75) is 39.2 Å². The molecule has 0 atom stereocenters. The summed E-state index contributed by atoms with van der Waals surface area (Å²) in [6.07, 6.45) is 3.16. The lowest BCUT2D eigenvalue weighted by Gasteiger charge is -2.10. The first kappa shape index (κ1) is 8.13. The van der Waals surface area contributed by atoms with Crippen molar-refractivity contribution in [3.8, 4) is 6.07 Å². The molecule has 1 N–H and O–H groups in total. The van der Waals surface area contributed by atoms with E-state index in [9.17, 15) is 0 Å². The third kappa shape index (κ3) is 1.98. The monoisotopic (exact) mass is 150 g/mol. The van der Waals surface area contributed by atoms with Crippen molar-refractivity contribution in [2.24, 2.45) is 0 Å². The van der Waals surface area contributed by atoms with Gasteiger partial charge in [0.1, 0.15) is 0 Å². The van der Waals surface area contributed by atoms with Crippen molar-refractivity contribution in [1.82, 2.24) is 5.32 Å². The van der Waals surface area contributed by atoms with Crippen LogP contribution in [0, 0.1) is 11.3 Å². The molecule has 0 bridgehead atoms. The molecule has 1 aliphatic rings. The van der Waals surface area contributed by atoms with Gasteiger partial charge in [0.05, 0.1) is 6.07 Å². The van der Waals surface area contributed by atoms with Crippen LogP contribution in [0.4, 0.5) is 0 Å². The van der Waals surface area contributed by atoms with Crippen molar-refractivity contribution in [3.05, 3.63) is 11.3 Å². The molecule has 1 rings (SSSR count). The zero-order valence-corrected chi connectivity index (χ0v) is 7.15. The maximum atomic E-state index is 8.70. The highest BCUT2D eigenvalue weighted by molar-refractivity contribution is 5.30. The fraction of sp³-hybridized carbons (Fsp3) is 0.667. The Kier molecular flexibility index (Phi) is 2.53. The number of rotatable bonds is 2. The van der Waals surface area contributed by atoms with Crippen LogP contribution in [0.5, 0.6) is 0 Å². The highest BCUT2D eigenvalue weighted by Gasteiger charge is 2.13. The SMILES string of the molecule is CC(C)NC1=C(C#N)CCC1. The van der Waals surface area contributed by atoms with Gasteiger partial charge in [0.15, 0.2) is 0 Å². The molecule has 0 aromatic rings. The number of allylic oxidation sites excluding steroid dienone is 2. The van der Waals surface area contributed by atoms with Crippen LogP contribution in [0.3, 0.4) is 0 Å². The Bertz CT molecular complexity index is 208. The summed E-state index contributed by atoms with van der Waals surface area (Å²) in [4.78, 5) is 0. The zero-order chi connectivity index (χ0) is 8.27. The van der Waals surface area contributed by atoms with Crippen LogP contribution in [0.2, 0.25) is 0 Å². The van der Waals surface area contributed by atoms with Crippen molar-refractivity contribution >= 4 is 0 Å². The van der Waals surface area contributed by atoms with E-state index in [-0.39, 0.29) is 0 Å². The average molecular weight is 150 g/mol. The first-order valence-corrected chi connectivity index (χ1v) is 4.12. The molecular formula is C9H14N2. The van der Waals surface area contributed by atoms with E-state index < -0.39 is 0 Å². The minimum Gasteiger partial charge on any atom is -0.385 e. The molecule has 0 aromatic carbocycles.